The third-order valence-corrected chi connectivity index (χ3v) is 4.43. The molecule has 2 rings (SSSR count). The molecular weight excluding hydrogens is 258 g/mol. The number of likely N-dealkylation sites (N-methyl/N-ethyl adjacent to an activating group) is 1. The van der Waals surface area contributed by atoms with E-state index in [1.165, 1.54) is 0 Å². The minimum Gasteiger partial charge on any atom is -0.481 e. The summed E-state index contributed by atoms with van der Waals surface area (Å²) in [6.45, 7) is 6.09. The molecule has 0 aliphatic heterocycles. The van der Waals surface area contributed by atoms with E-state index in [1.54, 1.807) is 4.90 Å². The molecule has 112 valence electrons. The number of hydrogen-bond acceptors (Lipinski definition) is 3. The highest BCUT2D eigenvalue weighted by molar-refractivity contribution is 5.86. The van der Waals surface area contributed by atoms with E-state index in [2.05, 4.69) is 0 Å². The molecule has 0 aromatic carbocycles. The van der Waals surface area contributed by atoms with Crippen LogP contribution in [0.4, 0.5) is 0 Å². The number of carbonyl (C=O) groups is 2. The summed E-state index contributed by atoms with van der Waals surface area (Å²) >= 11 is 0. The number of amides is 1. The average Bonchev–Trinajstić information content (AvgIpc) is 3.03. The average molecular weight is 281 g/mol. The quantitative estimate of drug-likeness (QED) is 0.566. The molecule has 4 atom stereocenters. The van der Waals surface area contributed by atoms with Gasteiger partial charge < -0.3 is 14.7 Å². The Morgan fingerprint density at radius 3 is 2.45 bits per heavy atom. The number of rotatable bonds is 7. The molecule has 1 saturated carbocycles. The summed E-state index contributed by atoms with van der Waals surface area (Å²) < 4.78 is 5.29. The van der Waals surface area contributed by atoms with Crippen LogP contribution in [0.3, 0.4) is 0 Å². The van der Waals surface area contributed by atoms with Crippen LogP contribution in [0, 0.1) is 23.7 Å². The second-order valence-corrected chi connectivity index (χ2v) is 5.45. The standard InChI is InChI=1S/C15H23NO4/c1-3-16(7-8-20-4-2)14(17)12-10-5-6-11(9-10)13(12)15(18)19/h5-6,10-13H,3-4,7-9H2,1-2H3,(H,18,19)/t10?,11?,12-,13+/m0/s1. The van der Waals surface area contributed by atoms with Crippen LogP contribution in [0.25, 0.3) is 0 Å². The Morgan fingerprint density at radius 1 is 1.25 bits per heavy atom. The molecule has 20 heavy (non-hydrogen) atoms. The number of fused-ring (bicyclic) bond motifs is 2. The van der Waals surface area contributed by atoms with Crippen molar-refractivity contribution in [3.63, 3.8) is 0 Å². The smallest absolute Gasteiger partial charge is 0.307 e. The second-order valence-electron chi connectivity index (χ2n) is 5.45. The van der Waals surface area contributed by atoms with Gasteiger partial charge in [-0.3, -0.25) is 9.59 Å². The van der Waals surface area contributed by atoms with Crippen molar-refractivity contribution in [2.75, 3.05) is 26.3 Å². The van der Waals surface area contributed by atoms with Crippen LogP contribution in [0.15, 0.2) is 12.2 Å². The topological polar surface area (TPSA) is 66.8 Å². The Balaban J connectivity index is 2.06. The van der Waals surface area contributed by atoms with Crippen molar-refractivity contribution in [3.8, 4) is 0 Å². The van der Waals surface area contributed by atoms with Gasteiger partial charge in [0.05, 0.1) is 18.4 Å². The monoisotopic (exact) mass is 281 g/mol. The number of ether oxygens (including phenoxy) is 1. The molecule has 0 spiro atoms. The lowest BCUT2D eigenvalue weighted by Gasteiger charge is -2.30. The Morgan fingerprint density at radius 2 is 1.90 bits per heavy atom. The maximum atomic E-state index is 12.6. The molecule has 2 unspecified atom stereocenters. The van der Waals surface area contributed by atoms with E-state index < -0.39 is 17.8 Å². The van der Waals surface area contributed by atoms with Crippen molar-refractivity contribution in [1.82, 2.24) is 4.90 Å². The minimum absolute atomic E-state index is 0.0250. The molecular formula is C15H23NO4. The first-order valence-corrected chi connectivity index (χ1v) is 7.37. The lowest BCUT2D eigenvalue weighted by Crippen LogP contribution is -2.44. The number of allylic oxidation sites excluding steroid dienone is 2. The molecule has 2 aliphatic carbocycles. The highest BCUT2D eigenvalue weighted by atomic mass is 16.5. The lowest BCUT2D eigenvalue weighted by atomic mass is 9.82. The van der Waals surface area contributed by atoms with Gasteiger partial charge in [0.15, 0.2) is 0 Å². The number of carboxylic acid groups (broad SMARTS) is 1. The summed E-state index contributed by atoms with van der Waals surface area (Å²) in [5, 5.41) is 9.39. The van der Waals surface area contributed by atoms with E-state index in [1.807, 2.05) is 26.0 Å². The van der Waals surface area contributed by atoms with Gasteiger partial charge in [-0.15, -0.1) is 0 Å². The number of carbonyl (C=O) groups excluding carboxylic acids is 1. The number of hydrogen-bond donors (Lipinski definition) is 1. The van der Waals surface area contributed by atoms with Gasteiger partial charge in [-0.25, -0.2) is 0 Å². The molecule has 5 nitrogen and oxygen atoms in total. The van der Waals surface area contributed by atoms with E-state index in [-0.39, 0.29) is 17.7 Å². The summed E-state index contributed by atoms with van der Waals surface area (Å²) in [5.74, 6) is -1.72. The fourth-order valence-electron chi connectivity index (χ4n) is 3.45. The van der Waals surface area contributed by atoms with Crippen molar-refractivity contribution in [3.05, 3.63) is 12.2 Å². The van der Waals surface area contributed by atoms with Gasteiger partial charge in [0.25, 0.3) is 0 Å². The van der Waals surface area contributed by atoms with Crippen molar-refractivity contribution in [2.24, 2.45) is 23.7 Å². The third-order valence-electron chi connectivity index (χ3n) is 4.43. The fraction of sp³-hybridized carbons (Fsp3) is 0.733. The van der Waals surface area contributed by atoms with E-state index in [0.717, 1.165) is 6.42 Å². The second kappa shape index (κ2) is 6.39. The zero-order valence-electron chi connectivity index (χ0n) is 12.1. The number of carboxylic acids is 1. The molecule has 0 aromatic heterocycles. The Bertz CT molecular complexity index is 407. The zero-order chi connectivity index (χ0) is 14.7. The van der Waals surface area contributed by atoms with Crippen LogP contribution in [-0.4, -0.2) is 48.2 Å². The summed E-state index contributed by atoms with van der Waals surface area (Å²) in [5.41, 5.74) is 0. The van der Waals surface area contributed by atoms with Gasteiger partial charge >= 0.3 is 5.97 Å². The van der Waals surface area contributed by atoms with Gasteiger partial charge in [-0.2, -0.15) is 0 Å². The lowest BCUT2D eigenvalue weighted by molar-refractivity contribution is -0.151. The molecule has 0 radical (unpaired) electrons. The fourth-order valence-corrected chi connectivity index (χ4v) is 3.45. The molecule has 5 heteroatoms. The zero-order valence-corrected chi connectivity index (χ0v) is 12.1. The molecule has 0 aromatic rings. The first-order valence-electron chi connectivity index (χ1n) is 7.37. The van der Waals surface area contributed by atoms with Crippen LogP contribution in [0.1, 0.15) is 20.3 Å². The maximum Gasteiger partial charge on any atom is 0.307 e. The molecule has 1 N–H and O–H groups in total. The SMILES string of the molecule is CCOCCN(CC)C(=O)[C@H]1C2C=CC(C2)[C@H]1C(=O)O. The van der Waals surface area contributed by atoms with Gasteiger partial charge in [-0.05, 0) is 32.1 Å². The van der Waals surface area contributed by atoms with Crippen molar-refractivity contribution >= 4 is 11.9 Å². The summed E-state index contributed by atoms with van der Waals surface area (Å²) in [4.78, 5) is 25.8. The van der Waals surface area contributed by atoms with Gasteiger partial charge in [-0.1, -0.05) is 12.2 Å². The Labute approximate surface area is 119 Å². The molecule has 2 bridgehead atoms. The number of nitrogens with zero attached hydrogens (tertiary/aromatic N) is 1. The van der Waals surface area contributed by atoms with Crippen molar-refractivity contribution in [2.45, 2.75) is 20.3 Å². The molecule has 1 amide bonds. The largest absolute Gasteiger partial charge is 0.481 e. The van der Waals surface area contributed by atoms with Crippen LogP contribution < -0.4 is 0 Å². The summed E-state index contributed by atoms with van der Waals surface area (Å²) in [7, 11) is 0. The predicted molar refractivity (Wildman–Crippen MR) is 74.1 cm³/mol. The van der Waals surface area contributed by atoms with Crippen LogP contribution in [0.2, 0.25) is 0 Å². The summed E-state index contributed by atoms with van der Waals surface area (Å²) in [6.07, 6.45) is 4.78. The van der Waals surface area contributed by atoms with E-state index in [9.17, 15) is 14.7 Å². The van der Waals surface area contributed by atoms with Crippen LogP contribution >= 0.6 is 0 Å². The van der Waals surface area contributed by atoms with Crippen molar-refractivity contribution in [1.29, 1.82) is 0 Å². The maximum absolute atomic E-state index is 12.6. The van der Waals surface area contributed by atoms with Crippen LogP contribution in [-0.2, 0) is 14.3 Å². The molecule has 2 aliphatic rings. The Hall–Kier alpha value is -1.36. The highest BCUT2D eigenvalue weighted by Crippen LogP contribution is 2.48. The molecule has 0 heterocycles. The predicted octanol–water partition coefficient (Wildman–Crippen LogP) is 1.39. The van der Waals surface area contributed by atoms with E-state index >= 15 is 0 Å². The summed E-state index contributed by atoms with van der Waals surface area (Å²) in [6, 6.07) is 0. The molecule has 0 saturated heterocycles. The van der Waals surface area contributed by atoms with E-state index in [0.29, 0.717) is 26.3 Å². The first kappa shape index (κ1) is 15.0. The third kappa shape index (κ3) is 2.73. The Kier molecular flexibility index (Phi) is 4.81. The number of aliphatic carboxylic acids is 1. The van der Waals surface area contributed by atoms with E-state index in [4.69, 9.17) is 4.74 Å². The highest BCUT2D eigenvalue weighted by Gasteiger charge is 2.52. The van der Waals surface area contributed by atoms with Crippen LogP contribution in [0.5, 0.6) is 0 Å². The van der Waals surface area contributed by atoms with Gasteiger partial charge in [0, 0.05) is 19.7 Å². The van der Waals surface area contributed by atoms with Gasteiger partial charge in [0.2, 0.25) is 5.91 Å². The van der Waals surface area contributed by atoms with Crippen molar-refractivity contribution < 1.29 is 19.4 Å². The minimum atomic E-state index is -0.846. The normalized spacial score (nSPS) is 30.7. The molecule has 1 fully saturated rings. The van der Waals surface area contributed by atoms with Gasteiger partial charge in [0.1, 0.15) is 0 Å². The first-order chi connectivity index (χ1) is 9.60.